The lowest BCUT2D eigenvalue weighted by Crippen LogP contribution is -2.34. The molecular formula is C28H28N8O2. The molecule has 192 valence electrons. The second-order valence-corrected chi connectivity index (χ2v) is 9.20. The highest BCUT2D eigenvalue weighted by Gasteiger charge is 2.26. The molecule has 2 aromatic heterocycles. The first-order valence-electron chi connectivity index (χ1n) is 12.2. The van der Waals surface area contributed by atoms with Crippen LogP contribution in [0.15, 0.2) is 59.4 Å². The third-order valence-corrected chi connectivity index (χ3v) is 6.09. The molecule has 4 N–H and O–H groups in total. The van der Waals surface area contributed by atoms with Gasteiger partial charge in [-0.15, -0.1) is 5.10 Å². The van der Waals surface area contributed by atoms with Crippen LogP contribution < -0.4 is 21.9 Å². The lowest BCUT2D eigenvalue weighted by Gasteiger charge is -2.20. The number of carbonyl (C=O) groups excluding carboxylic acids is 1. The number of para-hydroxylation sites is 1. The molecule has 0 spiro atoms. The number of aromatic nitrogens is 4. The second-order valence-electron chi connectivity index (χ2n) is 9.20. The van der Waals surface area contributed by atoms with E-state index in [1.165, 1.54) is 9.25 Å². The zero-order valence-electron chi connectivity index (χ0n) is 21.4. The van der Waals surface area contributed by atoms with Gasteiger partial charge in [-0.2, -0.15) is 0 Å². The Labute approximate surface area is 219 Å². The van der Waals surface area contributed by atoms with Crippen molar-refractivity contribution in [1.82, 2.24) is 29.5 Å². The van der Waals surface area contributed by atoms with Gasteiger partial charge in [-0.05, 0) is 51.4 Å². The molecule has 0 saturated carbocycles. The van der Waals surface area contributed by atoms with Crippen LogP contribution in [0.1, 0.15) is 34.7 Å². The van der Waals surface area contributed by atoms with Crippen molar-refractivity contribution in [3.8, 4) is 17.5 Å². The fourth-order valence-electron chi connectivity index (χ4n) is 4.36. The summed E-state index contributed by atoms with van der Waals surface area (Å²) in [7, 11) is 3.87. The number of fused-ring (bicyclic) bond motifs is 2. The first-order chi connectivity index (χ1) is 18.3. The number of benzene rings is 2. The Morgan fingerprint density at radius 3 is 2.76 bits per heavy atom. The van der Waals surface area contributed by atoms with E-state index in [0.717, 1.165) is 0 Å². The van der Waals surface area contributed by atoms with E-state index < -0.39 is 11.9 Å². The molecule has 1 amide bonds. The molecule has 1 unspecified atom stereocenters. The van der Waals surface area contributed by atoms with E-state index in [4.69, 9.17) is 10.7 Å². The Balaban J connectivity index is 1.61. The third-order valence-electron chi connectivity index (χ3n) is 6.09. The normalized spacial score (nSPS) is 12.9. The van der Waals surface area contributed by atoms with E-state index in [9.17, 15) is 9.59 Å². The molecule has 1 aliphatic rings. The summed E-state index contributed by atoms with van der Waals surface area (Å²) < 4.78 is 3.06. The molecule has 38 heavy (non-hydrogen) atoms. The summed E-state index contributed by atoms with van der Waals surface area (Å²) in [5.41, 5.74) is 7.80. The number of carbonyl (C=O) groups is 1. The summed E-state index contributed by atoms with van der Waals surface area (Å²) >= 11 is 0. The Kier molecular flexibility index (Phi) is 6.68. The van der Waals surface area contributed by atoms with Crippen LogP contribution in [0, 0.1) is 11.8 Å². The predicted molar refractivity (Wildman–Crippen MR) is 149 cm³/mol. The molecule has 2 aromatic carbocycles. The zero-order valence-corrected chi connectivity index (χ0v) is 21.4. The van der Waals surface area contributed by atoms with Crippen LogP contribution in [0.5, 0.6) is 0 Å². The average molecular weight is 509 g/mol. The average Bonchev–Trinajstić information content (AvgIpc) is 3.24. The molecule has 0 saturated heterocycles. The molecule has 4 aromatic rings. The van der Waals surface area contributed by atoms with Crippen molar-refractivity contribution in [2.24, 2.45) is 0 Å². The number of nitrogens with one attached hydrogen (secondary N) is 2. The Morgan fingerprint density at radius 1 is 1.21 bits per heavy atom. The number of hydrogen-bond donors (Lipinski definition) is 3. The summed E-state index contributed by atoms with van der Waals surface area (Å²) in [6.45, 7) is 2.90. The van der Waals surface area contributed by atoms with Crippen molar-refractivity contribution < 1.29 is 4.79 Å². The van der Waals surface area contributed by atoms with Gasteiger partial charge in [-0.1, -0.05) is 36.1 Å². The molecule has 0 fully saturated rings. The van der Waals surface area contributed by atoms with Crippen molar-refractivity contribution in [1.29, 1.82) is 0 Å². The molecule has 10 nitrogen and oxygen atoms in total. The molecule has 0 aliphatic carbocycles. The van der Waals surface area contributed by atoms with Crippen LogP contribution in [-0.4, -0.2) is 57.3 Å². The van der Waals surface area contributed by atoms with Gasteiger partial charge in [0.2, 0.25) is 0 Å². The maximum absolute atomic E-state index is 14.0. The van der Waals surface area contributed by atoms with E-state index in [-0.39, 0.29) is 16.9 Å². The minimum atomic E-state index is -0.641. The van der Waals surface area contributed by atoms with Crippen molar-refractivity contribution in [3.05, 3.63) is 81.9 Å². The number of nitrogen functional groups attached to an aromatic ring is 1. The molecule has 1 atom stereocenters. The monoisotopic (exact) mass is 508 g/mol. The highest BCUT2D eigenvalue weighted by atomic mass is 16.2. The van der Waals surface area contributed by atoms with Gasteiger partial charge in [0.25, 0.3) is 11.5 Å². The molecule has 10 heteroatoms. The highest BCUT2D eigenvalue weighted by molar-refractivity contribution is 6.04. The summed E-state index contributed by atoms with van der Waals surface area (Å²) in [5.74, 6) is 6.81. The minimum Gasteiger partial charge on any atom is -0.381 e. The quantitative estimate of drug-likeness (QED) is 0.354. The van der Waals surface area contributed by atoms with Crippen molar-refractivity contribution in [3.63, 3.8) is 0 Å². The van der Waals surface area contributed by atoms with Gasteiger partial charge in [-0.25, -0.2) is 9.67 Å². The SMILES string of the molecule is CC(NC(=O)c1c(N)nn2c1NCC=C2)c1nc2cccc(C#CCN(C)C)c2c(=O)n1-c1ccccc1. The first-order valence-corrected chi connectivity index (χ1v) is 12.2. The summed E-state index contributed by atoms with van der Waals surface area (Å²) in [5, 5.41) is 10.7. The van der Waals surface area contributed by atoms with E-state index in [2.05, 4.69) is 27.6 Å². The fourth-order valence-corrected chi connectivity index (χ4v) is 4.36. The maximum Gasteiger partial charge on any atom is 0.267 e. The number of nitrogens with zero attached hydrogens (tertiary/aromatic N) is 5. The lowest BCUT2D eigenvalue weighted by molar-refractivity contribution is 0.0939. The minimum absolute atomic E-state index is 0.108. The van der Waals surface area contributed by atoms with Gasteiger partial charge in [0.1, 0.15) is 17.2 Å². The van der Waals surface area contributed by atoms with E-state index in [1.54, 1.807) is 19.2 Å². The predicted octanol–water partition coefficient (Wildman–Crippen LogP) is 2.46. The highest BCUT2D eigenvalue weighted by Crippen LogP contribution is 2.26. The maximum atomic E-state index is 14.0. The van der Waals surface area contributed by atoms with Crippen molar-refractivity contribution in [2.75, 3.05) is 38.2 Å². The van der Waals surface area contributed by atoms with Crippen LogP contribution >= 0.6 is 0 Å². The van der Waals surface area contributed by atoms with Gasteiger partial charge in [0.15, 0.2) is 5.82 Å². The second kappa shape index (κ2) is 10.2. The Hall–Kier alpha value is -4.88. The molecule has 5 rings (SSSR count). The van der Waals surface area contributed by atoms with Crippen LogP contribution in [0.2, 0.25) is 0 Å². The smallest absolute Gasteiger partial charge is 0.267 e. The third kappa shape index (κ3) is 4.63. The van der Waals surface area contributed by atoms with Crippen LogP contribution in [0.4, 0.5) is 11.6 Å². The van der Waals surface area contributed by atoms with E-state index >= 15 is 0 Å². The van der Waals surface area contributed by atoms with Crippen LogP contribution in [-0.2, 0) is 0 Å². The zero-order chi connectivity index (χ0) is 26.8. The number of anilines is 2. The molecule has 0 bridgehead atoms. The Bertz CT molecular complexity index is 1670. The van der Waals surface area contributed by atoms with Gasteiger partial charge in [-0.3, -0.25) is 19.1 Å². The van der Waals surface area contributed by atoms with Gasteiger partial charge in [0.05, 0.1) is 29.2 Å². The number of amides is 1. The van der Waals surface area contributed by atoms with Gasteiger partial charge >= 0.3 is 0 Å². The molecule has 0 radical (unpaired) electrons. The fraction of sp³-hybridized carbons (Fsp3) is 0.214. The number of rotatable bonds is 5. The van der Waals surface area contributed by atoms with E-state index in [1.807, 2.05) is 67.5 Å². The number of hydrogen-bond acceptors (Lipinski definition) is 7. The summed E-state index contributed by atoms with van der Waals surface area (Å²) in [6.07, 6.45) is 3.62. The lowest BCUT2D eigenvalue weighted by atomic mass is 10.1. The van der Waals surface area contributed by atoms with Gasteiger partial charge < -0.3 is 16.4 Å². The van der Waals surface area contributed by atoms with Crippen LogP contribution in [0.25, 0.3) is 22.8 Å². The summed E-state index contributed by atoms with van der Waals surface area (Å²) in [4.78, 5) is 34.2. The largest absolute Gasteiger partial charge is 0.381 e. The van der Waals surface area contributed by atoms with Crippen LogP contribution in [0.3, 0.4) is 0 Å². The Morgan fingerprint density at radius 2 is 2.00 bits per heavy atom. The number of nitrogens with two attached hydrogens (primary N) is 1. The van der Waals surface area contributed by atoms with Gasteiger partial charge in [0, 0.05) is 18.3 Å². The van der Waals surface area contributed by atoms with E-state index in [0.29, 0.717) is 46.9 Å². The molecule has 3 heterocycles. The first kappa shape index (κ1) is 24.8. The standard InChI is InChI=1S/C28H28N8O2/c1-18(31-27(37)23-24(29)33-35-17-9-15-30-26(23)35)25-32-21-14-7-10-19(11-8-16-34(2)3)22(21)28(38)36(25)20-12-5-4-6-13-20/h4-7,9-10,12-14,17-18,30H,15-16H2,1-3H3,(H2,29,33)(H,31,37). The van der Waals surface area contributed by atoms with Crippen molar-refractivity contribution >= 4 is 34.6 Å². The summed E-state index contributed by atoms with van der Waals surface area (Å²) in [6, 6.07) is 14.0. The molecule has 1 aliphatic heterocycles. The topological polar surface area (TPSA) is 123 Å². The van der Waals surface area contributed by atoms with Crippen molar-refractivity contribution in [2.45, 2.75) is 13.0 Å². The molecular weight excluding hydrogens is 480 g/mol.